The van der Waals surface area contributed by atoms with Gasteiger partial charge in [-0.2, -0.15) is 0 Å². The highest BCUT2D eigenvalue weighted by molar-refractivity contribution is 5.80. The van der Waals surface area contributed by atoms with Gasteiger partial charge in [0.1, 0.15) is 22.9 Å². The average molecular weight is 706 g/mol. The Bertz CT molecular complexity index is 1980. The van der Waals surface area contributed by atoms with Gasteiger partial charge in [0.05, 0.1) is 35.9 Å². The van der Waals surface area contributed by atoms with Crippen LogP contribution in [0.5, 0.6) is 0 Å². The summed E-state index contributed by atoms with van der Waals surface area (Å²) in [5.74, 6) is 1.61. The van der Waals surface area contributed by atoms with E-state index in [2.05, 4.69) is 58.3 Å². The number of likely N-dealkylation sites (tertiary alicyclic amines) is 2. The molecule has 2 N–H and O–H groups in total. The Morgan fingerprint density at radius 2 is 1.10 bits per heavy atom. The van der Waals surface area contributed by atoms with E-state index in [0.29, 0.717) is 25.2 Å². The quantitative estimate of drug-likeness (QED) is 0.213. The topological polar surface area (TPSA) is 120 Å². The van der Waals surface area contributed by atoms with Gasteiger partial charge in [-0.15, -0.1) is 0 Å². The molecule has 11 heteroatoms. The number of aromatic nitrogens is 4. The number of rotatable bonds is 5. The van der Waals surface area contributed by atoms with Gasteiger partial charge in [0.15, 0.2) is 0 Å². The molecule has 8 rings (SSSR count). The highest BCUT2D eigenvalue weighted by Crippen LogP contribution is 2.57. The SMILES string of the molecule is CN1C2CCC1c1c(-c3cnc([C@@H]4CCCN4C(=O)OC(C)(C)C)[nH]3)ccc(-c3ccc(-c4cnc([C@@H]5CCCN5C(=O)OC(C)(C)C)[nH]4)cc3)c12. The predicted octanol–water partition coefficient (Wildman–Crippen LogP) is 9.10. The van der Waals surface area contributed by atoms with E-state index in [1.54, 1.807) is 4.90 Å². The summed E-state index contributed by atoms with van der Waals surface area (Å²) in [5, 5.41) is 0. The van der Waals surface area contributed by atoms with Crippen molar-refractivity contribution in [3.05, 3.63) is 71.6 Å². The van der Waals surface area contributed by atoms with Crippen LogP contribution in [0.25, 0.3) is 33.6 Å². The molecule has 4 aromatic rings. The van der Waals surface area contributed by atoms with Gasteiger partial charge >= 0.3 is 12.2 Å². The zero-order chi connectivity index (χ0) is 36.5. The van der Waals surface area contributed by atoms with Crippen molar-refractivity contribution in [3.63, 3.8) is 0 Å². The molecular formula is C41H51N7O4. The number of imidazole rings is 2. The fraction of sp³-hybridized carbons (Fsp3) is 0.512. The number of H-pyrrole nitrogens is 2. The fourth-order valence-corrected chi connectivity index (χ4v) is 8.78. The Morgan fingerprint density at radius 3 is 1.63 bits per heavy atom. The minimum Gasteiger partial charge on any atom is -0.444 e. The smallest absolute Gasteiger partial charge is 0.410 e. The van der Waals surface area contributed by atoms with Gasteiger partial charge in [-0.3, -0.25) is 14.7 Å². The van der Waals surface area contributed by atoms with Crippen molar-refractivity contribution in [3.8, 4) is 33.6 Å². The Balaban J connectivity index is 1.05. The lowest BCUT2D eigenvalue weighted by atomic mass is 9.82. The Kier molecular flexibility index (Phi) is 8.47. The van der Waals surface area contributed by atoms with Gasteiger partial charge in [0.25, 0.3) is 0 Å². The van der Waals surface area contributed by atoms with E-state index in [1.807, 2.05) is 58.8 Å². The Labute approximate surface area is 306 Å². The van der Waals surface area contributed by atoms with Crippen LogP contribution in [0.3, 0.4) is 0 Å². The van der Waals surface area contributed by atoms with Crippen molar-refractivity contribution in [2.75, 3.05) is 20.1 Å². The van der Waals surface area contributed by atoms with Gasteiger partial charge in [-0.25, -0.2) is 19.6 Å². The maximum absolute atomic E-state index is 13.0. The van der Waals surface area contributed by atoms with Crippen molar-refractivity contribution in [2.24, 2.45) is 0 Å². The third kappa shape index (κ3) is 6.27. The lowest BCUT2D eigenvalue weighted by Gasteiger charge is -2.27. The number of nitrogens with one attached hydrogen (secondary N) is 2. The summed E-state index contributed by atoms with van der Waals surface area (Å²) in [7, 11) is 2.25. The summed E-state index contributed by atoms with van der Waals surface area (Å²) in [6.45, 7) is 12.7. The molecular weight excluding hydrogens is 654 g/mol. The maximum atomic E-state index is 13.0. The molecule has 2 unspecified atom stereocenters. The van der Waals surface area contributed by atoms with E-state index in [9.17, 15) is 9.59 Å². The molecule has 0 radical (unpaired) electrons. The first-order chi connectivity index (χ1) is 24.8. The number of amides is 2. The zero-order valence-corrected chi connectivity index (χ0v) is 31.5. The Hall–Kier alpha value is -4.64. The summed E-state index contributed by atoms with van der Waals surface area (Å²) in [6.07, 6.45) is 9.07. The van der Waals surface area contributed by atoms with Crippen LogP contribution in [-0.2, 0) is 9.47 Å². The highest BCUT2D eigenvalue weighted by Gasteiger charge is 2.45. The first-order valence-electron chi connectivity index (χ1n) is 18.8. The number of benzene rings is 2. The summed E-state index contributed by atoms with van der Waals surface area (Å²) >= 11 is 0. The van der Waals surface area contributed by atoms with E-state index in [0.717, 1.165) is 67.1 Å². The maximum Gasteiger partial charge on any atom is 0.410 e. The van der Waals surface area contributed by atoms with Crippen molar-refractivity contribution in [1.29, 1.82) is 0 Å². The van der Waals surface area contributed by atoms with Gasteiger partial charge in [-0.1, -0.05) is 36.4 Å². The monoisotopic (exact) mass is 705 g/mol. The van der Waals surface area contributed by atoms with Crippen LogP contribution < -0.4 is 0 Å². The lowest BCUT2D eigenvalue weighted by molar-refractivity contribution is 0.0208. The standard InChI is InChI=1S/C41H51N7O4/c1-40(2,3)51-38(49)47-20-8-10-32(47)36-42-22-28(44-36)25-14-12-24(13-15-25)26-16-17-27(35-31-19-18-30(34(26)35)46(31)7)29-23-43-37(45-29)33-11-9-21-48(33)39(50)52-41(4,5)6/h12-17,22-23,30-33H,8-11,18-21H2,1-7H3,(H,42,44)(H,43,45)/t30?,31?,32-,33-/m0/s1. The normalized spacial score (nSPS) is 23.1. The fourth-order valence-electron chi connectivity index (χ4n) is 8.78. The summed E-state index contributed by atoms with van der Waals surface area (Å²) in [4.78, 5) is 48.8. The van der Waals surface area contributed by atoms with Crippen LogP contribution in [-0.4, -0.2) is 78.2 Å². The second-order valence-electron chi connectivity index (χ2n) is 16.9. The molecule has 0 saturated carbocycles. The molecule has 2 aromatic carbocycles. The molecule has 0 aliphatic carbocycles. The lowest BCUT2D eigenvalue weighted by Crippen LogP contribution is -2.36. The molecule has 2 bridgehead atoms. The number of hydrogen-bond acceptors (Lipinski definition) is 7. The Morgan fingerprint density at radius 1 is 0.635 bits per heavy atom. The number of aromatic amines is 2. The summed E-state index contributed by atoms with van der Waals surface area (Å²) in [6, 6.07) is 13.7. The highest BCUT2D eigenvalue weighted by atomic mass is 16.6. The number of carbonyl (C=O) groups is 2. The number of ether oxygens (including phenoxy) is 2. The first kappa shape index (κ1) is 34.4. The number of nitrogens with zero attached hydrogens (tertiary/aromatic N) is 5. The molecule has 3 fully saturated rings. The van der Waals surface area contributed by atoms with E-state index >= 15 is 0 Å². The molecule has 52 heavy (non-hydrogen) atoms. The number of carbonyl (C=O) groups excluding carboxylic acids is 2. The van der Waals surface area contributed by atoms with Crippen LogP contribution in [0.4, 0.5) is 9.59 Å². The number of fused-ring (bicyclic) bond motifs is 5. The molecule has 0 spiro atoms. The van der Waals surface area contributed by atoms with E-state index < -0.39 is 11.2 Å². The van der Waals surface area contributed by atoms with Crippen molar-refractivity contribution in [2.45, 2.75) is 115 Å². The van der Waals surface area contributed by atoms with Gasteiger partial charge in [-0.05, 0) is 115 Å². The molecule has 274 valence electrons. The molecule has 11 nitrogen and oxygen atoms in total. The van der Waals surface area contributed by atoms with Crippen LogP contribution in [0.1, 0.15) is 127 Å². The van der Waals surface area contributed by atoms with Crippen LogP contribution >= 0.6 is 0 Å². The van der Waals surface area contributed by atoms with E-state index in [4.69, 9.17) is 19.4 Å². The second-order valence-corrected chi connectivity index (χ2v) is 16.9. The van der Waals surface area contributed by atoms with E-state index in [1.165, 1.54) is 27.8 Å². The van der Waals surface area contributed by atoms with Gasteiger partial charge in [0.2, 0.25) is 0 Å². The molecule has 4 atom stereocenters. The molecule has 6 heterocycles. The molecule has 3 saturated heterocycles. The molecule has 2 amide bonds. The van der Waals surface area contributed by atoms with Crippen molar-refractivity contribution >= 4 is 12.2 Å². The predicted molar refractivity (Wildman–Crippen MR) is 199 cm³/mol. The third-order valence-electron chi connectivity index (χ3n) is 11.0. The van der Waals surface area contributed by atoms with Gasteiger partial charge < -0.3 is 19.4 Å². The van der Waals surface area contributed by atoms with Crippen LogP contribution in [0.15, 0.2) is 48.8 Å². The molecule has 4 aliphatic rings. The summed E-state index contributed by atoms with van der Waals surface area (Å²) in [5.41, 5.74) is 8.31. The van der Waals surface area contributed by atoms with Crippen molar-refractivity contribution < 1.29 is 19.1 Å². The minimum absolute atomic E-state index is 0.121. The second kappa shape index (κ2) is 12.8. The molecule has 4 aliphatic heterocycles. The van der Waals surface area contributed by atoms with Crippen molar-refractivity contribution in [1.82, 2.24) is 34.6 Å². The minimum atomic E-state index is -0.544. The van der Waals surface area contributed by atoms with Crippen LogP contribution in [0.2, 0.25) is 0 Å². The largest absolute Gasteiger partial charge is 0.444 e. The van der Waals surface area contributed by atoms with Gasteiger partial charge in [0, 0.05) is 30.7 Å². The zero-order valence-electron chi connectivity index (χ0n) is 31.5. The molecule has 2 aromatic heterocycles. The third-order valence-corrected chi connectivity index (χ3v) is 11.0. The first-order valence-corrected chi connectivity index (χ1v) is 18.8. The van der Waals surface area contributed by atoms with E-state index in [-0.39, 0.29) is 24.3 Å². The number of hydrogen-bond donors (Lipinski definition) is 2. The summed E-state index contributed by atoms with van der Waals surface area (Å²) < 4.78 is 11.4. The average Bonchev–Trinajstić information content (AvgIpc) is 3.93. The van der Waals surface area contributed by atoms with Crippen LogP contribution in [0, 0.1) is 0 Å².